The molecule has 1 atom stereocenters. The SMILES string of the molecule is C[S+]([O-])c1ccc(-c2cnc(NCc3cccc4c(=O)c34)n3cnnc23)c(F)c1. The number of nitrogens with one attached hydrogen (secondary N) is 1. The van der Waals surface area contributed by atoms with Gasteiger partial charge in [-0.15, -0.1) is 10.2 Å². The first kappa shape index (κ1) is 17.8. The number of aromatic nitrogens is 4. The van der Waals surface area contributed by atoms with Crippen molar-refractivity contribution in [2.75, 3.05) is 11.6 Å². The summed E-state index contributed by atoms with van der Waals surface area (Å²) in [5.41, 5.74) is 2.19. The number of fused-ring (bicyclic) bond motifs is 2. The highest BCUT2D eigenvalue weighted by molar-refractivity contribution is 7.90. The molecule has 0 spiro atoms. The van der Waals surface area contributed by atoms with Crippen LogP contribution in [0.3, 0.4) is 0 Å². The quantitative estimate of drug-likeness (QED) is 0.450. The minimum Gasteiger partial charge on any atom is -0.612 e. The van der Waals surface area contributed by atoms with Crippen LogP contribution in [0.4, 0.5) is 10.3 Å². The fraction of sp³-hybridized carbons (Fsp3) is 0.100. The summed E-state index contributed by atoms with van der Waals surface area (Å²) in [5, 5.41) is 12.7. The molecule has 0 fully saturated rings. The van der Waals surface area contributed by atoms with Crippen molar-refractivity contribution >= 4 is 33.5 Å². The van der Waals surface area contributed by atoms with Gasteiger partial charge in [0.1, 0.15) is 18.4 Å². The number of anilines is 1. The molecule has 2 heterocycles. The molecule has 0 aliphatic heterocycles. The summed E-state index contributed by atoms with van der Waals surface area (Å²) in [4.78, 5) is 16.5. The fourth-order valence-corrected chi connectivity index (χ4v) is 3.89. The minimum atomic E-state index is -1.27. The molecule has 3 aromatic carbocycles. The first-order valence-electron chi connectivity index (χ1n) is 8.77. The van der Waals surface area contributed by atoms with Crippen LogP contribution in [0, 0.1) is 5.82 Å². The molecule has 0 bridgehead atoms. The van der Waals surface area contributed by atoms with Crippen LogP contribution in [-0.2, 0) is 17.7 Å². The smallest absolute Gasteiger partial charge is 0.210 e. The highest BCUT2D eigenvalue weighted by Gasteiger charge is 2.18. The van der Waals surface area contributed by atoms with E-state index in [4.69, 9.17) is 0 Å². The van der Waals surface area contributed by atoms with Crippen molar-refractivity contribution in [3.63, 3.8) is 0 Å². The lowest BCUT2D eigenvalue weighted by Gasteiger charge is -2.11. The van der Waals surface area contributed by atoms with E-state index >= 15 is 0 Å². The maximum atomic E-state index is 14.6. The maximum absolute atomic E-state index is 14.6. The van der Waals surface area contributed by atoms with Gasteiger partial charge in [-0.25, -0.2) is 9.37 Å². The zero-order valence-corrected chi connectivity index (χ0v) is 16.0. The normalized spacial score (nSPS) is 12.8. The second-order valence-corrected chi connectivity index (χ2v) is 8.02. The predicted octanol–water partition coefficient (Wildman–Crippen LogP) is 2.67. The van der Waals surface area contributed by atoms with Gasteiger partial charge in [-0.2, -0.15) is 0 Å². The molecule has 2 aromatic heterocycles. The van der Waals surface area contributed by atoms with E-state index in [1.165, 1.54) is 24.8 Å². The van der Waals surface area contributed by atoms with E-state index in [0.717, 1.165) is 16.3 Å². The lowest BCUT2D eigenvalue weighted by Crippen LogP contribution is -2.07. The van der Waals surface area contributed by atoms with Crippen molar-refractivity contribution in [1.29, 1.82) is 0 Å². The van der Waals surface area contributed by atoms with Gasteiger partial charge in [0.2, 0.25) is 5.95 Å². The molecular formula is C20H14FN5O2S. The van der Waals surface area contributed by atoms with Crippen molar-refractivity contribution in [3.8, 4) is 11.1 Å². The number of hydrogen-bond donors (Lipinski definition) is 1. The van der Waals surface area contributed by atoms with Gasteiger partial charge in [-0.05, 0) is 28.9 Å². The lowest BCUT2D eigenvalue weighted by molar-refractivity contribution is 0.596. The van der Waals surface area contributed by atoms with Crippen LogP contribution in [0.25, 0.3) is 27.5 Å². The van der Waals surface area contributed by atoms with Gasteiger partial charge >= 0.3 is 0 Å². The van der Waals surface area contributed by atoms with E-state index in [0.29, 0.717) is 34.2 Å². The summed E-state index contributed by atoms with van der Waals surface area (Å²) in [6, 6.07) is 9.99. The first-order valence-corrected chi connectivity index (χ1v) is 10.3. The summed E-state index contributed by atoms with van der Waals surface area (Å²) in [6.45, 7) is 0.417. The average Bonchev–Trinajstić information content (AvgIpc) is 3.13. The zero-order chi connectivity index (χ0) is 20.1. The van der Waals surface area contributed by atoms with E-state index in [2.05, 4.69) is 20.5 Å². The van der Waals surface area contributed by atoms with E-state index in [1.807, 2.05) is 12.1 Å². The Kier molecular flexibility index (Phi) is 4.07. The Hall–Kier alpha value is -3.30. The highest BCUT2D eigenvalue weighted by Crippen LogP contribution is 2.29. The van der Waals surface area contributed by atoms with Crippen LogP contribution in [0.2, 0.25) is 0 Å². The van der Waals surface area contributed by atoms with Crippen LogP contribution in [0.15, 0.2) is 58.6 Å². The van der Waals surface area contributed by atoms with Gasteiger partial charge in [0.05, 0.1) is 0 Å². The van der Waals surface area contributed by atoms with Gasteiger partial charge in [0.15, 0.2) is 16.0 Å². The topological polar surface area (TPSA) is 95.2 Å². The molecule has 5 rings (SSSR count). The third-order valence-electron chi connectivity index (χ3n) is 4.89. The molecule has 29 heavy (non-hydrogen) atoms. The van der Waals surface area contributed by atoms with Gasteiger partial charge in [-0.1, -0.05) is 18.2 Å². The summed E-state index contributed by atoms with van der Waals surface area (Å²) in [7, 11) is 0. The molecule has 9 heteroatoms. The standard InChI is InChI=1S/C20H14FN5O2S/c1-29(28)12-5-6-13(16(21)7-12)15-9-23-20(26-10-24-25-19(15)26)22-8-11-3-2-4-14-17(11)18(14)27/h2-7,9-10H,8H2,1H3,(H,22,23). The monoisotopic (exact) mass is 407 g/mol. The van der Waals surface area contributed by atoms with Crippen molar-refractivity contribution in [2.24, 2.45) is 0 Å². The third-order valence-corrected chi connectivity index (χ3v) is 5.81. The van der Waals surface area contributed by atoms with E-state index < -0.39 is 17.0 Å². The molecule has 1 N–H and O–H groups in total. The number of halogens is 1. The van der Waals surface area contributed by atoms with Gasteiger partial charge in [0.25, 0.3) is 0 Å². The maximum Gasteiger partial charge on any atom is 0.210 e. The first-order chi connectivity index (χ1) is 14.0. The van der Waals surface area contributed by atoms with Crippen molar-refractivity contribution in [2.45, 2.75) is 11.4 Å². The lowest BCUT2D eigenvalue weighted by atomic mass is 10.1. The molecule has 5 aromatic rings. The fourth-order valence-electron chi connectivity index (χ4n) is 3.36. The van der Waals surface area contributed by atoms with Gasteiger partial charge in [-0.3, -0.25) is 9.20 Å². The van der Waals surface area contributed by atoms with E-state index in [-0.39, 0.29) is 5.43 Å². The third kappa shape index (κ3) is 2.95. The molecule has 7 nitrogen and oxygen atoms in total. The van der Waals surface area contributed by atoms with Gasteiger partial charge < -0.3 is 9.87 Å². The van der Waals surface area contributed by atoms with Crippen LogP contribution in [-0.4, -0.2) is 30.4 Å². The molecule has 0 saturated heterocycles. The largest absolute Gasteiger partial charge is 0.612 e. The van der Waals surface area contributed by atoms with Crippen LogP contribution >= 0.6 is 0 Å². The molecule has 0 aliphatic rings. The molecule has 1 unspecified atom stereocenters. The highest BCUT2D eigenvalue weighted by atomic mass is 32.2. The summed E-state index contributed by atoms with van der Waals surface area (Å²) < 4.78 is 27.8. The van der Waals surface area contributed by atoms with E-state index in [1.54, 1.807) is 22.6 Å². The Bertz CT molecular complexity index is 1390. The Balaban J connectivity index is 1.50. The Morgan fingerprint density at radius 2 is 2.10 bits per heavy atom. The molecule has 0 aliphatic carbocycles. The molecular weight excluding hydrogens is 393 g/mol. The summed E-state index contributed by atoms with van der Waals surface area (Å²) >= 11 is -1.27. The second kappa shape index (κ2) is 6.64. The number of benzene rings is 2. The zero-order valence-electron chi connectivity index (χ0n) is 15.2. The summed E-state index contributed by atoms with van der Waals surface area (Å²) in [5.74, 6) is -0.0258. The van der Waals surface area contributed by atoms with Crippen molar-refractivity contribution < 1.29 is 8.94 Å². The second-order valence-electron chi connectivity index (χ2n) is 6.64. The number of hydrogen-bond acceptors (Lipinski definition) is 6. The molecule has 0 amide bonds. The molecule has 0 radical (unpaired) electrons. The molecule has 144 valence electrons. The van der Waals surface area contributed by atoms with Crippen LogP contribution in [0.1, 0.15) is 5.56 Å². The summed E-state index contributed by atoms with van der Waals surface area (Å²) in [6.07, 6.45) is 4.51. The Morgan fingerprint density at radius 3 is 2.90 bits per heavy atom. The number of nitrogens with zero attached hydrogens (tertiary/aromatic N) is 4. The minimum absolute atomic E-state index is 0.0801. The van der Waals surface area contributed by atoms with Crippen molar-refractivity contribution in [3.05, 3.63) is 70.5 Å². The van der Waals surface area contributed by atoms with Gasteiger partial charge in [0, 0.05) is 40.7 Å². The van der Waals surface area contributed by atoms with E-state index in [9.17, 15) is 13.7 Å². The average molecular weight is 407 g/mol. The van der Waals surface area contributed by atoms with Crippen molar-refractivity contribution in [1.82, 2.24) is 19.6 Å². The number of rotatable bonds is 5. The Morgan fingerprint density at radius 1 is 1.24 bits per heavy atom. The predicted molar refractivity (Wildman–Crippen MR) is 108 cm³/mol. The Labute approximate surface area is 167 Å². The van der Waals surface area contributed by atoms with Crippen LogP contribution < -0.4 is 10.7 Å². The molecule has 0 saturated carbocycles. The van der Waals surface area contributed by atoms with Crippen LogP contribution in [0.5, 0.6) is 0 Å².